The molecule has 0 atom stereocenters. The Morgan fingerprint density at radius 2 is 1.30 bits per heavy atom. The van der Waals surface area contributed by atoms with E-state index in [-0.39, 0.29) is 11.1 Å². The van der Waals surface area contributed by atoms with E-state index in [1.807, 2.05) is 12.1 Å². The molecule has 9 heteroatoms. The first-order valence-electron chi connectivity index (χ1n) is 8.72. The van der Waals surface area contributed by atoms with Crippen molar-refractivity contribution in [2.45, 2.75) is 0 Å². The van der Waals surface area contributed by atoms with Gasteiger partial charge in [-0.2, -0.15) is 0 Å². The van der Waals surface area contributed by atoms with Crippen LogP contribution in [0.5, 0.6) is 0 Å². The molecule has 7 nitrogen and oxygen atoms in total. The van der Waals surface area contributed by atoms with Gasteiger partial charge >= 0.3 is 11.9 Å². The number of carbonyl (C=O) groups is 2. The number of nitrogens with zero attached hydrogens (tertiary/aromatic N) is 3. The summed E-state index contributed by atoms with van der Waals surface area (Å²) >= 11 is 2.79. The van der Waals surface area contributed by atoms with Crippen LogP contribution in [-0.4, -0.2) is 37.1 Å². The van der Waals surface area contributed by atoms with Crippen LogP contribution in [0, 0.1) is 0 Å². The van der Waals surface area contributed by atoms with Crippen LogP contribution in [0.2, 0.25) is 0 Å². The lowest BCUT2D eigenvalue weighted by atomic mass is 10.2. The van der Waals surface area contributed by atoms with E-state index >= 15 is 0 Å². The number of aromatic carboxylic acids is 2. The monoisotopic (exact) mass is 433 g/mol. The number of fused-ring (bicyclic) bond motifs is 2. The van der Waals surface area contributed by atoms with Crippen LogP contribution >= 0.6 is 22.7 Å². The first-order valence-corrected chi connectivity index (χ1v) is 10.4. The molecule has 3 aromatic heterocycles. The van der Waals surface area contributed by atoms with Crippen molar-refractivity contribution in [3.63, 3.8) is 0 Å². The van der Waals surface area contributed by atoms with Gasteiger partial charge in [0.25, 0.3) is 0 Å². The summed E-state index contributed by atoms with van der Waals surface area (Å²) in [6.07, 6.45) is 1.71. The van der Waals surface area contributed by atoms with E-state index in [2.05, 4.69) is 15.0 Å². The molecule has 146 valence electrons. The molecule has 5 aromatic rings. The molecule has 0 amide bonds. The summed E-state index contributed by atoms with van der Waals surface area (Å²) in [7, 11) is 0. The Kier molecular flexibility index (Phi) is 4.27. The molecular weight excluding hydrogens is 422 g/mol. The number of benzene rings is 2. The van der Waals surface area contributed by atoms with Crippen molar-refractivity contribution in [1.82, 2.24) is 15.0 Å². The first-order chi connectivity index (χ1) is 14.5. The lowest BCUT2D eigenvalue weighted by Gasteiger charge is -1.98. The largest absolute Gasteiger partial charge is 0.478 e. The Morgan fingerprint density at radius 1 is 0.733 bits per heavy atom. The summed E-state index contributed by atoms with van der Waals surface area (Å²) in [6.45, 7) is 0. The van der Waals surface area contributed by atoms with E-state index in [0.717, 1.165) is 31.0 Å². The third kappa shape index (κ3) is 3.19. The van der Waals surface area contributed by atoms with Crippen LogP contribution in [0.4, 0.5) is 0 Å². The number of rotatable bonds is 4. The van der Waals surface area contributed by atoms with Crippen molar-refractivity contribution in [2.24, 2.45) is 0 Å². The van der Waals surface area contributed by atoms with E-state index < -0.39 is 11.9 Å². The molecule has 2 aromatic carbocycles. The summed E-state index contributed by atoms with van der Waals surface area (Å²) in [5.41, 5.74) is 3.43. The van der Waals surface area contributed by atoms with E-state index in [9.17, 15) is 9.59 Å². The molecule has 5 rings (SSSR count). The Hall–Kier alpha value is -3.69. The maximum absolute atomic E-state index is 11.2. The van der Waals surface area contributed by atoms with E-state index in [4.69, 9.17) is 10.2 Å². The summed E-state index contributed by atoms with van der Waals surface area (Å²) in [5, 5.41) is 19.7. The summed E-state index contributed by atoms with van der Waals surface area (Å²) < 4.78 is 1.59. The van der Waals surface area contributed by atoms with Crippen molar-refractivity contribution in [3.8, 4) is 21.3 Å². The molecule has 2 N–H and O–H groups in total. The fourth-order valence-electron chi connectivity index (χ4n) is 3.00. The van der Waals surface area contributed by atoms with Gasteiger partial charge in [-0.1, -0.05) is 0 Å². The Balaban J connectivity index is 1.48. The SMILES string of the molecule is O=C(O)c1ccc2nc(-c3ccc(-c4nc5ccc(C(=O)O)cc5s4)nc3)sc2c1. The number of carboxylic acids is 2. The van der Waals surface area contributed by atoms with Gasteiger partial charge in [-0.05, 0) is 48.5 Å². The fraction of sp³-hybridized carbons (Fsp3) is 0. The zero-order valence-electron chi connectivity index (χ0n) is 15.1. The number of carboxylic acid groups (broad SMARTS) is 2. The van der Waals surface area contributed by atoms with Crippen LogP contribution < -0.4 is 0 Å². The predicted octanol–water partition coefficient (Wildman–Crippen LogP) is 5.03. The lowest BCUT2D eigenvalue weighted by molar-refractivity contribution is 0.0686. The highest BCUT2D eigenvalue weighted by atomic mass is 32.1. The molecule has 0 radical (unpaired) electrons. The normalized spacial score (nSPS) is 11.2. The van der Waals surface area contributed by atoms with Gasteiger partial charge in [0.15, 0.2) is 0 Å². The highest BCUT2D eigenvalue weighted by Crippen LogP contribution is 2.33. The van der Waals surface area contributed by atoms with Gasteiger partial charge in [0.05, 0.1) is 37.3 Å². The third-order valence-corrected chi connectivity index (χ3v) is 6.61. The maximum Gasteiger partial charge on any atom is 0.335 e. The molecule has 0 unspecified atom stereocenters. The minimum absolute atomic E-state index is 0.225. The molecule has 0 aliphatic rings. The van der Waals surface area contributed by atoms with Crippen LogP contribution in [0.15, 0.2) is 54.7 Å². The highest BCUT2D eigenvalue weighted by molar-refractivity contribution is 7.22. The zero-order valence-corrected chi connectivity index (χ0v) is 16.7. The topological polar surface area (TPSA) is 113 Å². The average Bonchev–Trinajstić information content (AvgIpc) is 3.36. The molecular formula is C21H11N3O4S2. The van der Waals surface area contributed by atoms with Gasteiger partial charge < -0.3 is 10.2 Å². The smallest absolute Gasteiger partial charge is 0.335 e. The quantitative estimate of drug-likeness (QED) is 0.408. The highest BCUT2D eigenvalue weighted by Gasteiger charge is 2.13. The van der Waals surface area contributed by atoms with Crippen LogP contribution in [0.25, 0.3) is 41.7 Å². The van der Waals surface area contributed by atoms with E-state index in [1.165, 1.54) is 28.7 Å². The maximum atomic E-state index is 11.2. The van der Waals surface area contributed by atoms with Gasteiger partial charge in [-0.3, -0.25) is 4.98 Å². The fourth-order valence-corrected chi connectivity index (χ4v) is 4.97. The second-order valence-corrected chi connectivity index (χ2v) is 8.51. The number of hydrogen-bond acceptors (Lipinski definition) is 7. The molecule has 0 spiro atoms. The summed E-state index contributed by atoms with van der Waals surface area (Å²) in [4.78, 5) is 35.9. The van der Waals surface area contributed by atoms with Crippen molar-refractivity contribution < 1.29 is 19.8 Å². The van der Waals surface area contributed by atoms with Gasteiger partial charge in [0, 0.05) is 11.8 Å². The first kappa shape index (κ1) is 18.3. The minimum Gasteiger partial charge on any atom is -0.478 e. The third-order valence-electron chi connectivity index (χ3n) is 4.50. The van der Waals surface area contributed by atoms with Crippen molar-refractivity contribution >= 4 is 55.0 Å². The van der Waals surface area contributed by atoms with Gasteiger partial charge in [0.2, 0.25) is 0 Å². The zero-order chi connectivity index (χ0) is 20.8. The molecule has 0 fully saturated rings. The molecule has 30 heavy (non-hydrogen) atoms. The second kappa shape index (κ2) is 6.97. The van der Waals surface area contributed by atoms with Gasteiger partial charge in [-0.25, -0.2) is 19.6 Å². The number of pyridine rings is 1. The Labute approximate surface area is 176 Å². The van der Waals surface area contributed by atoms with Crippen LogP contribution in [0.1, 0.15) is 20.7 Å². The van der Waals surface area contributed by atoms with Gasteiger partial charge in [-0.15, -0.1) is 22.7 Å². The minimum atomic E-state index is -0.972. The Bertz CT molecular complexity index is 1340. The average molecular weight is 433 g/mol. The van der Waals surface area contributed by atoms with Crippen LogP contribution in [0.3, 0.4) is 0 Å². The van der Waals surface area contributed by atoms with Crippen molar-refractivity contribution in [3.05, 3.63) is 65.9 Å². The summed E-state index contributed by atoms with van der Waals surface area (Å²) in [5.74, 6) is -1.94. The molecule has 0 saturated carbocycles. The standard InChI is InChI=1S/C21H11N3O4S2/c25-20(26)10-1-4-13-16(7-10)29-18(23-13)12-3-6-15(22-9-12)19-24-14-5-2-11(21(27)28)8-17(14)30-19/h1-9H,(H,25,26)(H,27,28). The van der Waals surface area contributed by atoms with E-state index in [1.54, 1.807) is 36.5 Å². The van der Waals surface area contributed by atoms with Crippen molar-refractivity contribution in [1.29, 1.82) is 0 Å². The Morgan fingerprint density at radius 3 is 1.83 bits per heavy atom. The van der Waals surface area contributed by atoms with E-state index in [0.29, 0.717) is 10.7 Å². The lowest BCUT2D eigenvalue weighted by Crippen LogP contribution is -1.94. The second-order valence-electron chi connectivity index (χ2n) is 6.45. The molecule has 0 aliphatic heterocycles. The number of hydrogen-bond donors (Lipinski definition) is 2. The predicted molar refractivity (Wildman–Crippen MR) is 115 cm³/mol. The number of aromatic nitrogens is 3. The van der Waals surface area contributed by atoms with Crippen LogP contribution in [-0.2, 0) is 0 Å². The molecule has 3 heterocycles. The molecule has 0 aliphatic carbocycles. The molecule has 0 saturated heterocycles. The molecule has 0 bridgehead atoms. The van der Waals surface area contributed by atoms with Crippen molar-refractivity contribution in [2.75, 3.05) is 0 Å². The summed E-state index contributed by atoms with van der Waals surface area (Å²) in [6, 6.07) is 13.4. The van der Waals surface area contributed by atoms with Gasteiger partial charge in [0.1, 0.15) is 10.0 Å². The number of thiazole rings is 2.